The van der Waals surface area contributed by atoms with Gasteiger partial charge in [0.25, 0.3) is 0 Å². The van der Waals surface area contributed by atoms with Crippen LogP contribution in [0, 0.1) is 6.92 Å². The normalized spacial score (nSPS) is 17.6. The van der Waals surface area contributed by atoms with Crippen LogP contribution in [0.1, 0.15) is 76.2 Å². The largest absolute Gasteiger partial charge is 0.397 e. The highest BCUT2D eigenvalue weighted by Crippen LogP contribution is 2.20. The van der Waals surface area contributed by atoms with E-state index in [1.54, 1.807) is 12.1 Å². The van der Waals surface area contributed by atoms with Crippen molar-refractivity contribution in [2.24, 2.45) is 0 Å². The Morgan fingerprint density at radius 1 is 0.885 bits per heavy atom. The molecule has 1 aromatic carbocycles. The summed E-state index contributed by atoms with van der Waals surface area (Å²) in [6, 6.07) is 5.46. The van der Waals surface area contributed by atoms with Crippen LogP contribution in [-0.4, -0.2) is 17.9 Å². The van der Waals surface area contributed by atoms with E-state index in [-0.39, 0.29) is 6.04 Å². The van der Waals surface area contributed by atoms with E-state index in [2.05, 4.69) is 10.6 Å². The van der Waals surface area contributed by atoms with Crippen LogP contribution in [0.2, 0.25) is 0 Å². The molecule has 1 fully saturated rings. The van der Waals surface area contributed by atoms with Gasteiger partial charge in [0.15, 0.2) is 0 Å². The smallest absolute Gasteiger partial charge is 0.313 e. The highest BCUT2D eigenvalue weighted by molar-refractivity contribution is 6.40. The monoisotopic (exact) mass is 359 g/mol. The molecule has 0 atom stereocenters. The zero-order valence-electron chi connectivity index (χ0n) is 16.0. The zero-order chi connectivity index (χ0) is 18.8. The molecular weight excluding hydrogens is 326 g/mol. The topological polar surface area (TPSA) is 84.2 Å². The van der Waals surface area contributed by atoms with Crippen LogP contribution >= 0.6 is 0 Å². The Hall–Kier alpha value is -2.04. The summed E-state index contributed by atoms with van der Waals surface area (Å²) in [6.07, 6.45) is 13.1. The third-order valence-corrected chi connectivity index (χ3v) is 5.10. The van der Waals surface area contributed by atoms with E-state index in [9.17, 15) is 9.59 Å². The predicted molar refractivity (Wildman–Crippen MR) is 107 cm³/mol. The molecule has 26 heavy (non-hydrogen) atoms. The molecule has 2 amide bonds. The van der Waals surface area contributed by atoms with Crippen molar-refractivity contribution in [2.45, 2.75) is 83.6 Å². The minimum absolute atomic E-state index is 0.0857. The van der Waals surface area contributed by atoms with E-state index in [4.69, 9.17) is 5.73 Å². The van der Waals surface area contributed by atoms with E-state index < -0.39 is 11.8 Å². The van der Waals surface area contributed by atoms with Gasteiger partial charge in [-0.1, -0.05) is 63.9 Å². The number of nitrogens with one attached hydrogen (secondary N) is 2. The van der Waals surface area contributed by atoms with Gasteiger partial charge in [0, 0.05) is 6.04 Å². The molecule has 1 saturated carbocycles. The van der Waals surface area contributed by atoms with E-state index in [0.717, 1.165) is 31.2 Å². The lowest BCUT2D eigenvalue weighted by Gasteiger charge is -2.19. The molecular formula is C21H33N3O2. The summed E-state index contributed by atoms with van der Waals surface area (Å²) in [6.45, 7) is 1.92. The van der Waals surface area contributed by atoms with Gasteiger partial charge in [-0.3, -0.25) is 9.59 Å². The van der Waals surface area contributed by atoms with E-state index in [0.29, 0.717) is 11.4 Å². The number of rotatable bonds is 2. The van der Waals surface area contributed by atoms with Crippen molar-refractivity contribution in [1.82, 2.24) is 5.32 Å². The van der Waals surface area contributed by atoms with E-state index in [1.165, 1.54) is 44.9 Å². The van der Waals surface area contributed by atoms with Gasteiger partial charge in [0.2, 0.25) is 0 Å². The molecule has 1 aromatic rings. The number of nitrogens with two attached hydrogens (primary N) is 1. The summed E-state index contributed by atoms with van der Waals surface area (Å²) in [5, 5.41) is 5.57. The summed E-state index contributed by atoms with van der Waals surface area (Å²) in [5.74, 6) is -1.21. The number of carbonyl (C=O) groups excluding carboxylic acids is 2. The molecule has 144 valence electrons. The zero-order valence-corrected chi connectivity index (χ0v) is 16.0. The average Bonchev–Trinajstić information content (AvgIpc) is 2.60. The van der Waals surface area contributed by atoms with Crippen molar-refractivity contribution < 1.29 is 9.59 Å². The first-order valence-corrected chi connectivity index (χ1v) is 10.0. The maximum atomic E-state index is 12.3. The third kappa shape index (κ3) is 7.06. The van der Waals surface area contributed by atoms with Crippen molar-refractivity contribution in [3.63, 3.8) is 0 Å². The average molecular weight is 360 g/mol. The minimum Gasteiger partial charge on any atom is -0.397 e. The summed E-state index contributed by atoms with van der Waals surface area (Å²) in [5.41, 5.74) is 7.80. The molecule has 0 heterocycles. The lowest BCUT2D eigenvalue weighted by atomic mass is 9.98. The van der Waals surface area contributed by atoms with Gasteiger partial charge in [-0.15, -0.1) is 0 Å². The number of amides is 2. The summed E-state index contributed by atoms with van der Waals surface area (Å²) in [7, 11) is 0. The molecule has 0 saturated heterocycles. The van der Waals surface area contributed by atoms with Crippen LogP contribution in [0.15, 0.2) is 18.2 Å². The first kappa shape index (κ1) is 20.3. The molecule has 4 N–H and O–H groups in total. The number of aryl methyl sites for hydroxylation is 1. The maximum Gasteiger partial charge on any atom is 0.313 e. The first-order valence-electron chi connectivity index (χ1n) is 10.0. The van der Waals surface area contributed by atoms with Crippen molar-refractivity contribution in [1.29, 1.82) is 0 Å². The van der Waals surface area contributed by atoms with Crippen LogP contribution in [0.5, 0.6) is 0 Å². The molecule has 5 heteroatoms. The Balaban J connectivity index is 1.87. The molecule has 0 spiro atoms. The Kier molecular flexibility index (Phi) is 8.45. The van der Waals surface area contributed by atoms with Gasteiger partial charge in [0.05, 0.1) is 11.4 Å². The number of hydrogen-bond acceptors (Lipinski definition) is 3. The SMILES string of the molecule is Cc1ccc(N)c(NC(=O)C(=O)NC2CCCCCCCCCCC2)c1. The lowest BCUT2D eigenvalue weighted by molar-refractivity contribution is -0.136. The Morgan fingerprint density at radius 2 is 1.42 bits per heavy atom. The van der Waals surface area contributed by atoms with E-state index >= 15 is 0 Å². The van der Waals surface area contributed by atoms with Crippen LogP contribution in [-0.2, 0) is 9.59 Å². The number of nitrogen functional groups attached to an aromatic ring is 1. The number of hydrogen-bond donors (Lipinski definition) is 3. The minimum atomic E-state index is -0.645. The fraction of sp³-hybridized carbons (Fsp3) is 0.619. The summed E-state index contributed by atoms with van der Waals surface area (Å²) >= 11 is 0. The Morgan fingerprint density at radius 3 is 2.00 bits per heavy atom. The second-order valence-corrected chi connectivity index (χ2v) is 7.47. The summed E-state index contributed by atoms with van der Waals surface area (Å²) < 4.78 is 0. The highest BCUT2D eigenvalue weighted by atomic mass is 16.2. The molecule has 1 aliphatic rings. The van der Waals surface area contributed by atoms with Crippen molar-refractivity contribution >= 4 is 23.2 Å². The lowest BCUT2D eigenvalue weighted by Crippen LogP contribution is -2.42. The second kappa shape index (κ2) is 10.8. The Labute approximate surface area is 157 Å². The molecule has 0 aliphatic heterocycles. The molecule has 5 nitrogen and oxygen atoms in total. The number of carbonyl (C=O) groups is 2. The third-order valence-electron chi connectivity index (χ3n) is 5.10. The van der Waals surface area contributed by atoms with Gasteiger partial charge in [-0.05, 0) is 37.5 Å². The molecule has 0 bridgehead atoms. The Bertz CT molecular complexity index is 589. The molecule has 1 aliphatic carbocycles. The second-order valence-electron chi connectivity index (χ2n) is 7.47. The quantitative estimate of drug-likeness (QED) is 0.543. The number of benzene rings is 1. The van der Waals surface area contributed by atoms with Crippen molar-refractivity contribution in [2.75, 3.05) is 11.1 Å². The standard InChI is InChI=1S/C21H33N3O2/c1-16-13-14-18(22)19(15-16)24-21(26)20(25)23-17-11-9-7-5-3-2-4-6-8-10-12-17/h13-15,17H,2-12,22H2,1H3,(H,23,25)(H,24,26). The summed E-state index contributed by atoms with van der Waals surface area (Å²) in [4.78, 5) is 24.6. The first-order chi connectivity index (χ1) is 12.6. The van der Waals surface area contributed by atoms with Crippen LogP contribution in [0.25, 0.3) is 0 Å². The number of anilines is 2. The molecule has 2 rings (SSSR count). The van der Waals surface area contributed by atoms with Gasteiger partial charge in [-0.25, -0.2) is 0 Å². The highest BCUT2D eigenvalue weighted by Gasteiger charge is 2.19. The van der Waals surface area contributed by atoms with Gasteiger partial charge in [0.1, 0.15) is 0 Å². The fourth-order valence-electron chi connectivity index (χ4n) is 3.52. The molecule has 0 radical (unpaired) electrons. The van der Waals surface area contributed by atoms with Crippen LogP contribution < -0.4 is 16.4 Å². The van der Waals surface area contributed by atoms with Crippen molar-refractivity contribution in [3.05, 3.63) is 23.8 Å². The molecule has 0 aromatic heterocycles. The van der Waals surface area contributed by atoms with Gasteiger partial charge < -0.3 is 16.4 Å². The van der Waals surface area contributed by atoms with Crippen LogP contribution in [0.3, 0.4) is 0 Å². The maximum absolute atomic E-state index is 12.3. The fourth-order valence-corrected chi connectivity index (χ4v) is 3.52. The van der Waals surface area contributed by atoms with Gasteiger partial charge >= 0.3 is 11.8 Å². The van der Waals surface area contributed by atoms with Crippen molar-refractivity contribution in [3.8, 4) is 0 Å². The predicted octanol–water partition coefficient (Wildman–Crippen LogP) is 4.31. The molecule has 0 unspecified atom stereocenters. The van der Waals surface area contributed by atoms with Crippen LogP contribution in [0.4, 0.5) is 11.4 Å². The van der Waals surface area contributed by atoms with Gasteiger partial charge in [-0.2, -0.15) is 0 Å². The van der Waals surface area contributed by atoms with E-state index in [1.807, 2.05) is 13.0 Å².